The lowest BCUT2D eigenvalue weighted by molar-refractivity contribution is 0.242. The van der Waals surface area contributed by atoms with E-state index in [1.807, 2.05) is 48.7 Å². The van der Waals surface area contributed by atoms with Gasteiger partial charge in [-0.1, -0.05) is 24.3 Å². The Labute approximate surface area is 168 Å². The Balaban J connectivity index is 1.76. The third kappa shape index (κ3) is 3.98. The second kappa shape index (κ2) is 7.31. The number of hydrogen-bond acceptors (Lipinski definition) is 5. The molecule has 7 nitrogen and oxygen atoms in total. The van der Waals surface area contributed by atoms with Crippen LogP contribution in [0.4, 0.5) is 0 Å². The maximum absolute atomic E-state index is 11.5. The van der Waals surface area contributed by atoms with Crippen molar-refractivity contribution in [1.82, 2.24) is 14.4 Å². The molecule has 0 amide bonds. The molecule has 0 unspecified atom stereocenters. The average Bonchev–Trinajstić information content (AvgIpc) is 3.10. The summed E-state index contributed by atoms with van der Waals surface area (Å²) in [6, 6.07) is 14.2. The third-order valence-corrected chi connectivity index (χ3v) is 5.31. The van der Waals surface area contributed by atoms with Crippen molar-refractivity contribution in [2.24, 2.45) is 5.14 Å². The SMILES string of the molecule is CC(C)Oc1cccc(-c2cn3c(-c4ccc(S(N)(=O)=O)cc4)cnc3cn2)c1. The predicted molar refractivity (Wildman–Crippen MR) is 111 cm³/mol. The Morgan fingerprint density at radius 1 is 1.00 bits per heavy atom. The van der Waals surface area contributed by atoms with Gasteiger partial charge in [0.15, 0.2) is 5.65 Å². The number of hydrogen-bond donors (Lipinski definition) is 1. The standard InChI is InChI=1S/C21H20N4O3S/c1-14(2)28-17-5-3-4-16(10-17)19-13-25-20(11-24-21(25)12-23-19)15-6-8-18(9-7-15)29(22,26)27/h3-14H,1-2H3,(H2,22,26,27). The number of ether oxygens (including phenoxy) is 1. The van der Waals surface area contributed by atoms with Crippen LogP contribution in [0.2, 0.25) is 0 Å². The fourth-order valence-electron chi connectivity index (χ4n) is 3.07. The molecule has 0 saturated carbocycles. The van der Waals surface area contributed by atoms with Crippen LogP contribution in [0, 0.1) is 0 Å². The lowest BCUT2D eigenvalue weighted by atomic mass is 10.1. The van der Waals surface area contributed by atoms with E-state index in [4.69, 9.17) is 9.88 Å². The largest absolute Gasteiger partial charge is 0.491 e. The molecule has 0 bridgehead atoms. The summed E-state index contributed by atoms with van der Waals surface area (Å²) in [5.41, 5.74) is 4.02. The molecule has 0 saturated heterocycles. The van der Waals surface area contributed by atoms with E-state index in [1.54, 1.807) is 24.5 Å². The van der Waals surface area contributed by atoms with E-state index in [0.717, 1.165) is 28.3 Å². The van der Waals surface area contributed by atoms with E-state index in [2.05, 4.69) is 9.97 Å². The zero-order valence-corrected chi connectivity index (χ0v) is 16.8. The lowest BCUT2D eigenvalue weighted by Crippen LogP contribution is -2.11. The fourth-order valence-corrected chi connectivity index (χ4v) is 3.58. The first kappa shape index (κ1) is 19.1. The van der Waals surface area contributed by atoms with Crippen LogP contribution in [0.25, 0.3) is 28.2 Å². The molecule has 0 aliphatic carbocycles. The van der Waals surface area contributed by atoms with E-state index in [0.29, 0.717) is 5.65 Å². The maximum Gasteiger partial charge on any atom is 0.238 e. The molecule has 8 heteroatoms. The molecule has 0 spiro atoms. The maximum atomic E-state index is 11.5. The van der Waals surface area contributed by atoms with Crippen LogP contribution < -0.4 is 9.88 Å². The number of primary sulfonamides is 1. The number of imidazole rings is 1. The Morgan fingerprint density at radius 2 is 1.76 bits per heavy atom. The molecule has 2 N–H and O–H groups in total. The number of aromatic nitrogens is 3. The molecule has 2 aromatic carbocycles. The van der Waals surface area contributed by atoms with Gasteiger partial charge in [-0.25, -0.2) is 18.5 Å². The first-order valence-electron chi connectivity index (χ1n) is 9.05. The molecule has 0 radical (unpaired) electrons. The van der Waals surface area contributed by atoms with Gasteiger partial charge in [-0.15, -0.1) is 0 Å². The molecular formula is C21H20N4O3S. The second-order valence-electron chi connectivity index (χ2n) is 6.91. The highest BCUT2D eigenvalue weighted by Gasteiger charge is 2.12. The first-order valence-corrected chi connectivity index (χ1v) is 10.6. The van der Waals surface area contributed by atoms with Gasteiger partial charge in [0.1, 0.15) is 5.75 Å². The van der Waals surface area contributed by atoms with Gasteiger partial charge in [0.05, 0.1) is 34.8 Å². The molecule has 2 heterocycles. The van der Waals surface area contributed by atoms with E-state index in [9.17, 15) is 8.42 Å². The van der Waals surface area contributed by atoms with E-state index in [-0.39, 0.29) is 11.0 Å². The van der Waals surface area contributed by atoms with Gasteiger partial charge in [-0.2, -0.15) is 0 Å². The zero-order chi connectivity index (χ0) is 20.6. The van der Waals surface area contributed by atoms with Gasteiger partial charge in [-0.05, 0) is 38.1 Å². The van der Waals surface area contributed by atoms with Crippen molar-refractivity contribution in [3.8, 4) is 28.3 Å². The van der Waals surface area contributed by atoms with E-state index >= 15 is 0 Å². The normalized spacial score (nSPS) is 11.9. The summed E-state index contributed by atoms with van der Waals surface area (Å²) in [5.74, 6) is 0.781. The minimum atomic E-state index is -3.73. The highest BCUT2D eigenvalue weighted by atomic mass is 32.2. The molecule has 2 aromatic heterocycles. The van der Waals surface area contributed by atoms with Gasteiger partial charge in [0.25, 0.3) is 0 Å². The number of sulfonamides is 1. The minimum Gasteiger partial charge on any atom is -0.491 e. The van der Waals surface area contributed by atoms with Crippen molar-refractivity contribution in [2.75, 3.05) is 0 Å². The monoisotopic (exact) mass is 408 g/mol. The summed E-state index contributed by atoms with van der Waals surface area (Å²) in [5, 5.41) is 5.18. The molecule has 0 aliphatic heterocycles. The average molecular weight is 408 g/mol. The highest BCUT2D eigenvalue weighted by Crippen LogP contribution is 2.26. The number of nitrogens with two attached hydrogens (primary N) is 1. The molecular weight excluding hydrogens is 388 g/mol. The predicted octanol–water partition coefficient (Wildman–Crippen LogP) is 3.50. The van der Waals surface area contributed by atoms with Gasteiger partial charge >= 0.3 is 0 Å². The first-order chi connectivity index (χ1) is 13.8. The van der Waals surface area contributed by atoms with Gasteiger partial charge in [-0.3, -0.25) is 9.38 Å². The molecule has 4 rings (SSSR count). The van der Waals surface area contributed by atoms with Crippen LogP contribution in [-0.4, -0.2) is 28.9 Å². The number of benzene rings is 2. The van der Waals surface area contributed by atoms with E-state index in [1.165, 1.54) is 12.1 Å². The Morgan fingerprint density at radius 3 is 2.45 bits per heavy atom. The molecule has 4 aromatic rings. The van der Waals surface area contributed by atoms with Crippen LogP contribution in [0.15, 0.2) is 72.0 Å². The number of nitrogens with zero attached hydrogens (tertiary/aromatic N) is 3. The minimum absolute atomic E-state index is 0.0689. The summed E-state index contributed by atoms with van der Waals surface area (Å²) < 4.78 is 30.7. The van der Waals surface area contributed by atoms with Crippen LogP contribution in [-0.2, 0) is 10.0 Å². The number of rotatable bonds is 5. The summed E-state index contributed by atoms with van der Waals surface area (Å²) in [6.45, 7) is 3.96. The lowest BCUT2D eigenvalue weighted by Gasteiger charge is -2.11. The molecule has 0 aliphatic rings. The summed E-state index contributed by atoms with van der Waals surface area (Å²) in [6.07, 6.45) is 5.42. The van der Waals surface area contributed by atoms with Gasteiger partial charge in [0.2, 0.25) is 10.0 Å². The van der Waals surface area contributed by atoms with Crippen LogP contribution >= 0.6 is 0 Å². The highest BCUT2D eigenvalue weighted by molar-refractivity contribution is 7.89. The van der Waals surface area contributed by atoms with Crippen molar-refractivity contribution >= 4 is 15.7 Å². The second-order valence-corrected chi connectivity index (χ2v) is 8.47. The van der Waals surface area contributed by atoms with Crippen LogP contribution in [0.5, 0.6) is 5.75 Å². The smallest absolute Gasteiger partial charge is 0.238 e. The van der Waals surface area contributed by atoms with Gasteiger partial charge in [0, 0.05) is 17.3 Å². The quantitative estimate of drug-likeness (QED) is 0.545. The number of fused-ring (bicyclic) bond motifs is 1. The fraction of sp³-hybridized carbons (Fsp3) is 0.143. The Hall–Kier alpha value is -3.23. The molecule has 0 atom stereocenters. The van der Waals surface area contributed by atoms with Crippen molar-refractivity contribution in [3.05, 3.63) is 67.1 Å². The van der Waals surface area contributed by atoms with Crippen molar-refractivity contribution in [2.45, 2.75) is 24.8 Å². The topological polar surface area (TPSA) is 99.6 Å². The van der Waals surface area contributed by atoms with Crippen molar-refractivity contribution < 1.29 is 13.2 Å². The van der Waals surface area contributed by atoms with Crippen molar-refractivity contribution in [3.63, 3.8) is 0 Å². The Bertz CT molecular complexity index is 1280. The summed E-state index contributed by atoms with van der Waals surface area (Å²) >= 11 is 0. The summed E-state index contributed by atoms with van der Waals surface area (Å²) in [7, 11) is -3.73. The molecule has 29 heavy (non-hydrogen) atoms. The molecule has 0 fully saturated rings. The van der Waals surface area contributed by atoms with Crippen LogP contribution in [0.3, 0.4) is 0 Å². The van der Waals surface area contributed by atoms with Crippen molar-refractivity contribution in [1.29, 1.82) is 0 Å². The zero-order valence-electron chi connectivity index (χ0n) is 16.0. The third-order valence-electron chi connectivity index (χ3n) is 4.38. The van der Waals surface area contributed by atoms with Crippen LogP contribution in [0.1, 0.15) is 13.8 Å². The van der Waals surface area contributed by atoms with Gasteiger partial charge < -0.3 is 4.74 Å². The van der Waals surface area contributed by atoms with E-state index < -0.39 is 10.0 Å². The summed E-state index contributed by atoms with van der Waals surface area (Å²) in [4.78, 5) is 8.98. The Kier molecular flexibility index (Phi) is 4.81. The molecule has 148 valence electrons.